The van der Waals surface area contributed by atoms with Crippen LogP contribution in [0.3, 0.4) is 0 Å². The first kappa shape index (κ1) is 13.6. The van der Waals surface area contributed by atoms with Gasteiger partial charge in [0.2, 0.25) is 5.96 Å². The molecule has 0 fully saturated rings. The molecule has 0 unspecified atom stereocenters. The highest BCUT2D eigenvalue weighted by Gasteiger charge is 2.23. The molecule has 0 saturated carbocycles. The molecule has 0 radical (unpaired) electrons. The quantitative estimate of drug-likeness (QED) is 0.628. The van der Waals surface area contributed by atoms with Gasteiger partial charge >= 0.3 is 0 Å². The summed E-state index contributed by atoms with van der Waals surface area (Å²) in [6.07, 6.45) is 0.876. The Labute approximate surface area is 127 Å². The van der Waals surface area contributed by atoms with E-state index in [9.17, 15) is 4.79 Å². The molecule has 0 aliphatic carbocycles. The number of rotatable bonds is 1. The summed E-state index contributed by atoms with van der Waals surface area (Å²) >= 11 is 6.00. The third-order valence-corrected chi connectivity index (χ3v) is 3.84. The third kappa shape index (κ3) is 2.62. The van der Waals surface area contributed by atoms with Crippen LogP contribution in [-0.4, -0.2) is 18.4 Å². The zero-order chi connectivity index (χ0) is 14.8. The maximum absolute atomic E-state index is 12.2. The van der Waals surface area contributed by atoms with E-state index in [-0.39, 0.29) is 11.9 Å². The number of guanidine groups is 1. The molecule has 0 spiro atoms. The van der Waals surface area contributed by atoms with Crippen LogP contribution in [0.2, 0.25) is 5.02 Å². The zero-order valence-electron chi connectivity index (χ0n) is 11.3. The van der Waals surface area contributed by atoms with Gasteiger partial charge < -0.3 is 4.90 Å². The van der Waals surface area contributed by atoms with Gasteiger partial charge in [0.25, 0.3) is 5.91 Å². The summed E-state index contributed by atoms with van der Waals surface area (Å²) in [5, 5.41) is 11.1. The molecule has 106 valence electrons. The summed E-state index contributed by atoms with van der Waals surface area (Å²) in [7, 11) is 0. The molecule has 0 atom stereocenters. The molecule has 1 aliphatic rings. The molecule has 5 heteroatoms. The number of carbonyl (C=O) groups is 1. The molecule has 0 bridgehead atoms. The molecule has 0 aromatic heterocycles. The van der Waals surface area contributed by atoms with Gasteiger partial charge in [-0.25, -0.2) is 0 Å². The summed E-state index contributed by atoms with van der Waals surface area (Å²) in [6.45, 7) is 0.695. The highest BCUT2D eigenvalue weighted by atomic mass is 35.5. The van der Waals surface area contributed by atoms with E-state index >= 15 is 0 Å². The second kappa shape index (κ2) is 5.58. The summed E-state index contributed by atoms with van der Waals surface area (Å²) in [5.41, 5.74) is 2.53. The number of nitrogens with one attached hydrogen (secondary N) is 2. The molecule has 4 nitrogen and oxygen atoms in total. The second-order valence-electron chi connectivity index (χ2n) is 4.81. The first-order valence-corrected chi connectivity index (χ1v) is 7.04. The van der Waals surface area contributed by atoms with Crippen LogP contribution in [0.1, 0.15) is 15.9 Å². The Hall–Kier alpha value is -2.33. The average Bonchev–Trinajstić information content (AvgIpc) is 2.91. The van der Waals surface area contributed by atoms with E-state index in [1.165, 1.54) is 5.56 Å². The van der Waals surface area contributed by atoms with Gasteiger partial charge in [-0.1, -0.05) is 41.9 Å². The van der Waals surface area contributed by atoms with E-state index in [4.69, 9.17) is 17.0 Å². The topological polar surface area (TPSA) is 56.2 Å². The van der Waals surface area contributed by atoms with Crippen LogP contribution in [0, 0.1) is 5.41 Å². The molecule has 2 N–H and O–H groups in total. The summed E-state index contributed by atoms with van der Waals surface area (Å²) < 4.78 is 0. The van der Waals surface area contributed by atoms with Crippen molar-refractivity contribution in [2.24, 2.45) is 0 Å². The first-order chi connectivity index (χ1) is 10.2. The molecule has 2 aromatic carbocycles. The maximum atomic E-state index is 12.2. The highest BCUT2D eigenvalue weighted by molar-refractivity contribution is 6.34. The molecule has 1 amide bonds. The number of fused-ring (bicyclic) bond motifs is 1. The Morgan fingerprint density at radius 3 is 2.67 bits per heavy atom. The van der Waals surface area contributed by atoms with E-state index in [2.05, 4.69) is 5.32 Å². The van der Waals surface area contributed by atoms with Crippen molar-refractivity contribution >= 4 is 29.2 Å². The Balaban J connectivity index is 1.76. The van der Waals surface area contributed by atoms with Crippen LogP contribution in [0.15, 0.2) is 48.5 Å². The lowest BCUT2D eigenvalue weighted by Gasteiger charge is -2.20. The fraction of sp³-hybridized carbons (Fsp3) is 0.125. The molecule has 21 heavy (non-hydrogen) atoms. The number of halogens is 1. The number of para-hydroxylation sites is 1. The lowest BCUT2D eigenvalue weighted by Crippen LogP contribution is -2.42. The van der Waals surface area contributed by atoms with Gasteiger partial charge in [-0.3, -0.25) is 15.5 Å². The van der Waals surface area contributed by atoms with Gasteiger partial charge in [0, 0.05) is 12.2 Å². The van der Waals surface area contributed by atoms with Crippen molar-refractivity contribution in [3.63, 3.8) is 0 Å². The molecular weight excluding hydrogens is 286 g/mol. The molecule has 1 aliphatic heterocycles. The average molecular weight is 300 g/mol. The van der Waals surface area contributed by atoms with Crippen LogP contribution in [0.4, 0.5) is 5.69 Å². The smallest absolute Gasteiger partial charge is 0.259 e. The van der Waals surface area contributed by atoms with Crippen LogP contribution in [0.25, 0.3) is 0 Å². The lowest BCUT2D eigenvalue weighted by molar-refractivity contribution is 0.0976. The van der Waals surface area contributed by atoms with Crippen molar-refractivity contribution in [3.05, 3.63) is 64.7 Å². The van der Waals surface area contributed by atoms with E-state index in [0.29, 0.717) is 17.1 Å². The highest BCUT2D eigenvalue weighted by Crippen LogP contribution is 2.27. The summed E-state index contributed by atoms with van der Waals surface area (Å²) in [4.78, 5) is 14.0. The third-order valence-electron chi connectivity index (χ3n) is 3.51. The minimum atomic E-state index is -0.366. The molecule has 0 saturated heterocycles. The van der Waals surface area contributed by atoms with E-state index in [0.717, 1.165) is 12.1 Å². The standard InChI is InChI=1S/C16H14ClN3O/c17-13-7-3-2-6-12(13)15(21)19-16(18)20-10-9-11-5-1-4-8-14(11)20/h1-8H,9-10H2,(H2,18,19,21). The van der Waals surface area contributed by atoms with E-state index in [1.54, 1.807) is 29.2 Å². The summed E-state index contributed by atoms with van der Waals surface area (Å²) in [5.74, 6) is -0.292. The van der Waals surface area contributed by atoms with Gasteiger partial charge in [0.05, 0.1) is 10.6 Å². The van der Waals surface area contributed by atoms with Crippen molar-refractivity contribution < 1.29 is 4.79 Å². The van der Waals surface area contributed by atoms with Crippen molar-refractivity contribution in [2.45, 2.75) is 6.42 Å². The molecule has 1 heterocycles. The monoisotopic (exact) mass is 299 g/mol. The number of benzene rings is 2. The fourth-order valence-corrected chi connectivity index (χ4v) is 2.68. The molecule has 3 rings (SSSR count). The Bertz CT molecular complexity index is 714. The predicted molar refractivity (Wildman–Crippen MR) is 84.1 cm³/mol. The number of amides is 1. The van der Waals surface area contributed by atoms with Crippen LogP contribution >= 0.6 is 11.6 Å². The Kier molecular flexibility index (Phi) is 3.62. The van der Waals surface area contributed by atoms with Crippen molar-refractivity contribution in [1.82, 2.24) is 5.32 Å². The second-order valence-corrected chi connectivity index (χ2v) is 5.22. The fourth-order valence-electron chi connectivity index (χ4n) is 2.46. The SMILES string of the molecule is N=C(NC(=O)c1ccccc1Cl)N1CCc2ccccc21. The number of nitrogens with zero attached hydrogens (tertiary/aromatic N) is 1. The van der Waals surface area contributed by atoms with Gasteiger partial charge in [-0.05, 0) is 30.2 Å². The lowest BCUT2D eigenvalue weighted by atomic mass is 10.2. The number of hydrogen-bond acceptors (Lipinski definition) is 2. The Morgan fingerprint density at radius 2 is 1.86 bits per heavy atom. The predicted octanol–water partition coefficient (Wildman–Crippen LogP) is 3.07. The van der Waals surface area contributed by atoms with Gasteiger partial charge in [0.15, 0.2) is 0 Å². The summed E-state index contributed by atoms with van der Waals surface area (Å²) in [6, 6.07) is 14.7. The first-order valence-electron chi connectivity index (χ1n) is 6.66. The minimum Gasteiger partial charge on any atom is -0.312 e. The van der Waals surface area contributed by atoms with Gasteiger partial charge in [0.1, 0.15) is 0 Å². The minimum absolute atomic E-state index is 0.0740. The number of anilines is 1. The molecule has 2 aromatic rings. The number of carbonyl (C=O) groups excluding carboxylic acids is 1. The van der Waals surface area contributed by atoms with Crippen LogP contribution in [-0.2, 0) is 6.42 Å². The largest absolute Gasteiger partial charge is 0.312 e. The van der Waals surface area contributed by atoms with Crippen molar-refractivity contribution in [1.29, 1.82) is 5.41 Å². The van der Waals surface area contributed by atoms with Crippen molar-refractivity contribution in [2.75, 3.05) is 11.4 Å². The maximum Gasteiger partial charge on any atom is 0.259 e. The normalized spacial score (nSPS) is 12.9. The number of hydrogen-bond donors (Lipinski definition) is 2. The van der Waals surface area contributed by atoms with Crippen molar-refractivity contribution in [3.8, 4) is 0 Å². The Morgan fingerprint density at radius 1 is 1.14 bits per heavy atom. The molecular formula is C16H14ClN3O. The van der Waals surface area contributed by atoms with Gasteiger partial charge in [-0.15, -0.1) is 0 Å². The van der Waals surface area contributed by atoms with E-state index in [1.807, 2.05) is 24.3 Å². The van der Waals surface area contributed by atoms with Gasteiger partial charge in [-0.2, -0.15) is 0 Å². The van der Waals surface area contributed by atoms with Crippen LogP contribution in [0.5, 0.6) is 0 Å². The zero-order valence-corrected chi connectivity index (χ0v) is 12.0. The van der Waals surface area contributed by atoms with Crippen LogP contribution < -0.4 is 10.2 Å². The van der Waals surface area contributed by atoms with E-state index < -0.39 is 0 Å².